The maximum atomic E-state index is 12.2. The summed E-state index contributed by atoms with van der Waals surface area (Å²) in [5, 5.41) is 3.78. The molecule has 0 aliphatic carbocycles. The summed E-state index contributed by atoms with van der Waals surface area (Å²) in [7, 11) is 0. The minimum absolute atomic E-state index is 0.179. The van der Waals surface area contributed by atoms with E-state index < -0.39 is 18.4 Å². The van der Waals surface area contributed by atoms with Crippen LogP contribution < -0.4 is 15.2 Å². The first kappa shape index (κ1) is 17.5. The summed E-state index contributed by atoms with van der Waals surface area (Å²) in [6, 6.07) is 6.67. The van der Waals surface area contributed by atoms with Gasteiger partial charge in [0.25, 0.3) is 0 Å². The van der Waals surface area contributed by atoms with Crippen molar-refractivity contribution < 1.29 is 32.3 Å². The normalized spacial score (nSPS) is 16.6. The molecule has 0 fully saturated rings. The molecule has 0 spiro atoms. The van der Waals surface area contributed by atoms with Gasteiger partial charge in [-0.3, -0.25) is 9.78 Å². The quantitative estimate of drug-likeness (QED) is 0.896. The van der Waals surface area contributed by atoms with Crippen molar-refractivity contribution in [2.75, 3.05) is 0 Å². The minimum atomic E-state index is -4.75. The van der Waals surface area contributed by atoms with Crippen LogP contribution in [0.2, 0.25) is 0 Å². The number of pyridine rings is 1. The number of carbonyl (C=O) groups excluding carboxylic acids is 1. The van der Waals surface area contributed by atoms with E-state index in [0.717, 1.165) is 0 Å². The van der Waals surface area contributed by atoms with Crippen LogP contribution in [0.25, 0.3) is 0 Å². The van der Waals surface area contributed by atoms with Crippen LogP contribution in [0, 0.1) is 0 Å². The second kappa shape index (κ2) is 6.90. The molecule has 0 bridgehead atoms. The number of halogens is 3. The summed E-state index contributed by atoms with van der Waals surface area (Å²) in [6.45, 7) is 0. The van der Waals surface area contributed by atoms with Crippen LogP contribution in [0.1, 0.15) is 28.4 Å². The van der Waals surface area contributed by atoms with E-state index in [-0.39, 0.29) is 29.4 Å². The van der Waals surface area contributed by atoms with Gasteiger partial charge in [-0.2, -0.15) is 0 Å². The van der Waals surface area contributed by atoms with Crippen molar-refractivity contribution in [3.63, 3.8) is 0 Å². The number of carbonyl (C=O) groups is 1. The molecule has 1 aliphatic heterocycles. The number of ether oxygens (including phenoxy) is 2. The lowest BCUT2D eigenvalue weighted by atomic mass is 10.1. The Bertz CT molecular complexity index is 837. The molecule has 0 radical (unpaired) electrons. The zero-order chi connectivity index (χ0) is 18.7. The van der Waals surface area contributed by atoms with Gasteiger partial charge in [0.15, 0.2) is 6.10 Å². The van der Waals surface area contributed by atoms with Gasteiger partial charge in [0.05, 0.1) is 18.2 Å². The van der Waals surface area contributed by atoms with E-state index in [0.29, 0.717) is 5.56 Å². The van der Waals surface area contributed by atoms with Gasteiger partial charge in [-0.25, -0.2) is 0 Å². The van der Waals surface area contributed by atoms with Gasteiger partial charge in [-0.1, -0.05) is 17.3 Å². The lowest BCUT2D eigenvalue weighted by molar-refractivity contribution is -0.274. The summed E-state index contributed by atoms with van der Waals surface area (Å²) >= 11 is 0. The molecule has 7 nitrogen and oxygen atoms in total. The van der Waals surface area contributed by atoms with Crippen LogP contribution in [-0.2, 0) is 4.84 Å². The van der Waals surface area contributed by atoms with Crippen molar-refractivity contribution >= 4 is 11.8 Å². The average molecular weight is 367 g/mol. The first-order valence-corrected chi connectivity index (χ1v) is 7.31. The molecule has 2 N–H and O–H groups in total. The Morgan fingerprint density at radius 1 is 1.19 bits per heavy atom. The van der Waals surface area contributed by atoms with Crippen molar-refractivity contribution in [3.8, 4) is 11.5 Å². The summed E-state index contributed by atoms with van der Waals surface area (Å²) in [6.07, 6.45) is -2.33. The van der Waals surface area contributed by atoms with Crippen molar-refractivity contribution in [2.24, 2.45) is 10.9 Å². The molecule has 1 aromatic carbocycles. The van der Waals surface area contributed by atoms with E-state index >= 15 is 0 Å². The van der Waals surface area contributed by atoms with Gasteiger partial charge in [0, 0.05) is 6.20 Å². The highest BCUT2D eigenvalue weighted by atomic mass is 19.4. The fraction of sp³-hybridized carbons (Fsp3) is 0.188. The maximum absolute atomic E-state index is 12.2. The molecule has 2 heterocycles. The lowest BCUT2D eigenvalue weighted by Crippen LogP contribution is -2.17. The van der Waals surface area contributed by atoms with Crippen molar-refractivity contribution in [2.45, 2.75) is 18.9 Å². The van der Waals surface area contributed by atoms with Crippen LogP contribution in [-0.4, -0.2) is 23.2 Å². The SMILES string of the molecule is NC(=O)c1cncc(OC2=NO[C@@H](c3ccc(OC(F)(F)F)cc3)C2)c1. The number of nitrogens with two attached hydrogens (primary N) is 1. The third-order valence-electron chi connectivity index (χ3n) is 3.36. The van der Waals surface area contributed by atoms with Crippen molar-refractivity contribution in [3.05, 3.63) is 53.9 Å². The standard InChI is InChI=1S/C16H12F3N3O4/c17-16(18,19)25-11-3-1-9(2-4-11)13-6-14(22-26-13)24-12-5-10(15(20)23)7-21-8-12/h1-5,7-8,13H,6H2,(H2,20,23)/t13-/m1/s1. The molecule has 10 heteroatoms. The number of alkyl halides is 3. The Kier molecular flexibility index (Phi) is 4.65. The predicted molar refractivity (Wildman–Crippen MR) is 82.4 cm³/mol. The Balaban J connectivity index is 1.61. The topological polar surface area (TPSA) is 96.0 Å². The molecule has 0 saturated heterocycles. The molecule has 2 aromatic rings. The van der Waals surface area contributed by atoms with Gasteiger partial charge in [-0.05, 0) is 23.8 Å². The van der Waals surface area contributed by atoms with Gasteiger partial charge < -0.3 is 20.0 Å². The molecular weight excluding hydrogens is 355 g/mol. The number of nitrogens with zero attached hydrogens (tertiary/aromatic N) is 2. The molecule has 26 heavy (non-hydrogen) atoms. The number of primary amides is 1. The number of oxime groups is 1. The third kappa shape index (κ3) is 4.41. The summed E-state index contributed by atoms with van der Waals surface area (Å²) < 4.78 is 45.8. The van der Waals surface area contributed by atoms with E-state index in [2.05, 4.69) is 14.9 Å². The Labute approximate surface area is 145 Å². The lowest BCUT2D eigenvalue weighted by Gasteiger charge is -2.11. The summed E-state index contributed by atoms with van der Waals surface area (Å²) in [4.78, 5) is 20.2. The largest absolute Gasteiger partial charge is 0.573 e. The van der Waals surface area contributed by atoms with Crippen LogP contribution in [0.15, 0.2) is 47.9 Å². The molecule has 0 unspecified atom stereocenters. The molecule has 3 rings (SSSR count). The molecule has 1 atom stereocenters. The number of hydrogen-bond donors (Lipinski definition) is 1. The monoisotopic (exact) mass is 367 g/mol. The van der Waals surface area contributed by atoms with Crippen LogP contribution in [0.4, 0.5) is 13.2 Å². The first-order valence-electron chi connectivity index (χ1n) is 7.31. The number of aromatic nitrogens is 1. The highest BCUT2D eigenvalue weighted by Gasteiger charge is 2.31. The third-order valence-corrected chi connectivity index (χ3v) is 3.36. The number of hydrogen-bond acceptors (Lipinski definition) is 6. The van der Waals surface area contributed by atoms with E-state index in [4.69, 9.17) is 15.3 Å². The van der Waals surface area contributed by atoms with Crippen LogP contribution >= 0.6 is 0 Å². The molecule has 1 amide bonds. The zero-order valence-electron chi connectivity index (χ0n) is 13.1. The van der Waals surface area contributed by atoms with Gasteiger partial charge in [0.1, 0.15) is 11.5 Å². The van der Waals surface area contributed by atoms with Crippen molar-refractivity contribution in [1.29, 1.82) is 0 Å². The molecule has 1 aromatic heterocycles. The number of benzene rings is 1. The first-order chi connectivity index (χ1) is 12.3. The highest BCUT2D eigenvalue weighted by Crippen LogP contribution is 2.30. The van der Waals surface area contributed by atoms with Crippen LogP contribution in [0.5, 0.6) is 11.5 Å². The summed E-state index contributed by atoms with van der Waals surface area (Å²) in [5.41, 5.74) is 5.95. The smallest absolute Gasteiger partial charge is 0.438 e. The minimum Gasteiger partial charge on any atom is -0.438 e. The van der Waals surface area contributed by atoms with Gasteiger partial charge in [-0.15, -0.1) is 13.2 Å². The molecule has 136 valence electrons. The van der Waals surface area contributed by atoms with E-state index in [9.17, 15) is 18.0 Å². The Hall–Kier alpha value is -3.30. The molecular formula is C16H12F3N3O4. The highest BCUT2D eigenvalue weighted by molar-refractivity contribution is 5.93. The van der Waals surface area contributed by atoms with Crippen molar-refractivity contribution in [1.82, 2.24) is 4.98 Å². The van der Waals surface area contributed by atoms with Gasteiger partial charge >= 0.3 is 6.36 Å². The van der Waals surface area contributed by atoms with E-state index in [1.54, 1.807) is 0 Å². The van der Waals surface area contributed by atoms with E-state index in [1.807, 2.05) is 0 Å². The van der Waals surface area contributed by atoms with Crippen LogP contribution in [0.3, 0.4) is 0 Å². The zero-order valence-corrected chi connectivity index (χ0v) is 13.1. The Morgan fingerprint density at radius 2 is 1.92 bits per heavy atom. The van der Waals surface area contributed by atoms with Gasteiger partial charge in [0.2, 0.25) is 11.8 Å². The number of amides is 1. The molecule has 1 aliphatic rings. The second-order valence-corrected chi connectivity index (χ2v) is 5.28. The Morgan fingerprint density at radius 3 is 2.58 bits per heavy atom. The summed E-state index contributed by atoms with van der Waals surface area (Å²) in [5.74, 6) is -0.482. The van der Waals surface area contributed by atoms with E-state index in [1.165, 1.54) is 42.7 Å². The molecule has 0 saturated carbocycles. The average Bonchev–Trinajstić information content (AvgIpc) is 3.03. The fourth-order valence-electron chi connectivity index (χ4n) is 2.22. The maximum Gasteiger partial charge on any atom is 0.573 e. The number of rotatable bonds is 4. The fourth-order valence-corrected chi connectivity index (χ4v) is 2.22. The second-order valence-electron chi connectivity index (χ2n) is 5.28. The predicted octanol–water partition coefficient (Wildman–Crippen LogP) is 2.93.